The standard InChI is InChI=1S/C15H20FN3O/c1-12(5-6-17)18-7-9-19(10-8-18)13-3-4-14(16)15(11-13)20-2/h3-4,11-12H,5,7-10H2,1-2H3. The van der Waals surface area contributed by atoms with Gasteiger partial charge >= 0.3 is 0 Å². The molecular formula is C15H20FN3O. The van der Waals surface area contributed by atoms with E-state index in [-0.39, 0.29) is 11.6 Å². The largest absolute Gasteiger partial charge is 0.494 e. The van der Waals surface area contributed by atoms with Gasteiger partial charge in [0.1, 0.15) is 0 Å². The Morgan fingerprint density at radius 2 is 2.05 bits per heavy atom. The van der Waals surface area contributed by atoms with Crippen LogP contribution in [0.15, 0.2) is 18.2 Å². The summed E-state index contributed by atoms with van der Waals surface area (Å²) in [5.74, 6) is -0.0553. The summed E-state index contributed by atoms with van der Waals surface area (Å²) in [6.07, 6.45) is 0.560. The van der Waals surface area contributed by atoms with E-state index in [1.54, 1.807) is 12.1 Å². The second-order valence-electron chi connectivity index (χ2n) is 5.05. The van der Waals surface area contributed by atoms with Gasteiger partial charge < -0.3 is 9.64 Å². The summed E-state index contributed by atoms with van der Waals surface area (Å²) in [6, 6.07) is 7.48. The Labute approximate surface area is 119 Å². The molecule has 20 heavy (non-hydrogen) atoms. The van der Waals surface area contributed by atoms with Gasteiger partial charge in [-0.2, -0.15) is 5.26 Å². The van der Waals surface area contributed by atoms with Gasteiger partial charge in [0.25, 0.3) is 0 Å². The van der Waals surface area contributed by atoms with Gasteiger partial charge in [-0.25, -0.2) is 4.39 Å². The van der Waals surface area contributed by atoms with Crippen LogP contribution in [-0.2, 0) is 0 Å². The number of halogens is 1. The summed E-state index contributed by atoms with van der Waals surface area (Å²) in [4.78, 5) is 4.54. The molecule has 0 amide bonds. The molecule has 1 heterocycles. The topological polar surface area (TPSA) is 39.5 Å². The maximum atomic E-state index is 13.4. The molecule has 5 heteroatoms. The first-order valence-electron chi connectivity index (χ1n) is 6.85. The zero-order valence-corrected chi connectivity index (χ0v) is 12.0. The smallest absolute Gasteiger partial charge is 0.165 e. The lowest BCUT2D eigenvalue weighted by Crippen LogP contribution is -2.49. The van der Waals surface area contributed by atoms with E-state index < -0.39 is 0 Å². The molecule has 1 aromatic carbocycles. The average Bonchev–Trinajstić information content (AvgIpc) is 2.48. The van der Waals surface area contributed by atoms with Crippen LogP contribution in [0.5, 0.6) is 5.75 Å². The summed E-state index contributed by atoms with van der Waals surface area (Å²) < 4.78 is 18.4. The van der Waals surface area contributed by atoms with E-state index >= 15 is 0 Å². The molecule has 1 fully saturated rings. The quantitative estimate of drug-likeness (QED) is 0.846. The van der Waals surface area contributed by atoms with E-state index in [9.17, 15) is 4.39 Å². The minimum atomic E-state index is -0.336. The van der Waals surface area contributed by atoms with Crippen molar-refractivity contribution in [2.24, 2.45) is 0 Å². The fraction of sp³-hybridized carbons (Fsp3) is 0.533. The molecule has 0 saturated carbocycles. The molecule has 0 radical (unpaired) electrons. The van der Waals surface area contributed by atoms with Crippen molar-refractivity contribution in [3.8, 4) is 11.8 Å². The van der Waals surface area contributed by atoms with Crippen molar-refractivity contribution < 1.29 is 9.13 Å². The van der Waals surface area contributed by atoms with Crippen LogP contribution in [0, 0.1) is 17.1 Å². The zero-order valence-electron chi connectivity index (χ0n) is 12.0. The van der Waals surface area contributed by atoms with E-state index in [2.05, 4.69) is 22.8 Å². The van der Waals surface area contributed by atoms with Gasteiger partial charge in [0, 0.05) is 44.0 Å². The Hall–Kier alpha value is -1.80. The normalized spacial score (nSPS) is 17.6. The Morgan fingerprint density at radius 3 is 2.65 bits per heavy atom. The van der Waals surface area contributed by atoms with E-state index in [0.29, 0.717) is 12.5 Å². The second-order valence-corrected chi connectivity index (χ2v) is 5.05. The van der Waals surface area contributed by atoms with Crippen LogP contribution in [0.3, 0.4) is 0 Å². The van der Waals surface area contributed by atoms with Crippen molar-refractivity contribution in [3.05, 3.63) is 24.0 Å². The first-order chi connectivity index (χ1) is 9.65. The highest BCUT2D eigenvalue weighted by Gasteiger charge is 2.21. The number of hydrogen-bond donors (Lipinski definition) is 0. The minimum Gasteiger partial charge on any atom is -0.494 e. The summed E-state index contributed by atoms with van der Waals surface area (Å²) in [5.41, 5.74) is 0.982. The molecule has 0 bridgehead atoms. The molecule has 0 aromatic heterocycles. The van der Waals surface area contributed by atoms with Gasteiger partial charge in [-0.3, -0.25) is 4.90 Å². The lowest BCUT2D eigenvalue weighted by Gasteiger charge is -2.38. The average molecular weight is 277 g/mol. The van der Waals surface area contributed by atoms with Gasteiger partial charge in [-0.1, -0.05) is 0 Å². The van der Waals surface area contributed by atoms with Crippen LogP contribution < -0.4 is 9.64 Å². The highest BCUT2D eigenvalue weighted by molar-refractivity contribution is 5.51. The van der Waals surface area contributed by atoms with Crippen molar-refractivity contribution >= 4 is 5.69 Å². The number of hydrogen-bond acceptors (Lipinski definition) is 4. The minimum absolute atomic E-state index is 0.280. The molecule has 0 N–H and O–H groups in total. The van der Waals surface area contributed by atoms with Gasteiger partial charge in [0.2, 0.25) is 0 Å². The van der Waals surface area contributed by atoms with Crippen molar-refractivity contribution in [3.63, 3.8) is 0 Å². The third kappa shape index (κ3) is 3.20. The molecule has 0 spiro atoms. The number of anilines is 1. The maximum absolute atomic E-state index is 13.4. The molecule has 4 nitrogen and oxygen atoms in total. The molecule has 1 aliphatic heterocycles. The zero-order chi connectivity index (χ0) is 14.5. The molecule has 1 atom stereocenters. The van der Waals surface area contributed by atoms with Crippen LogP contribution in [0.2, 0.25) is 0 Å². The van der Waals surface area contributed by atoms with E-state index in [1.807, 2.05) is 0 Å². The van der Waals surface area contributed by atoms with Gasteiger partial charge in [-0.05, 0) is 19.1 Å². The summed E-state index contributed by atoms with van der Waals surface area (Å²) in [5, 5.41) is 8.74. The first kappa shape index (κ1) is 14.6. The lowest BCUT2D eigenvalue weighted by atomic mass is 10.1. The molecule has 1 aliphatic rings. The number of nitriles is 1. The Kier molecular flexibility index (Phi) is 4.80. The Morgan fingerprint density at radius 1 is 1.35 bits per heavy atom. The fourth-order valence-electron chi connectivity index (χ4n) is 2.53. The van der Waals surface area contributed by atoms with E-state index in [4.69, 9.17) is 10.00 Å². The third-order valence-corrected chi connectivity index (χ3v) is 3.82. The van der Waals surface area contributed by atoms with Crippen LogP contribution in [0.25, 0.3) is 0 Å². The third-order valence-electron chi connectivity index (χ3n) is 3.82. The van der Waals surface area contributed by atoms with Crippen LogP contribution in [-0.4, -0.2) is 44.2 Å². The molecule has 0 aliphatic carbocycles. The molecule has 1 unspecified atom stereocenters. The van der Waals surface area contributed by atoms with Gasteiger partial charge in [0.15, 0.2) is 11.6 Å². The number of piperazine rings is 1. The first-order valence-corrected chi connectivity index (χ1v) is 6.85. The van der Waals surface area contributed by atoms with Crippen LogP contribution in [0.1, 0.15) is 13.3 Å². The number of benzene rings is 1. The lowest BCUT2D eigenvalue weighted by molar-refractivity contribution is 0.199. The number of nitrogens with zero attached hydrogens (tertiary/aromatic N) is 3. The summed E-state index contributed by atoms with van der Waals surface area (Å²) >= 11 is 0. The van der Waals surface area contributed by atoms with Crippen molar-refractivity contribution in [2.45, 2.75) is 19.4 Å². The van der Waals surface area contributed by atoms with Gasteiger partial charge in [-0.15, -0.1) is 0 Å². The van der Waals surface area contributed by atoms with E-state index in [0.717, 1.165) is 31.9 Å². The number of ether oxygens (including phenoxy) is 1. The number of methoxy groups -OCH3 is 1. The summed E-state index contributed by atoms with van der Waals surface area (Å²) in [7, 11) is 1.48. The fourth-order valence-corrected chi connectivity index (χ4v) is 2.53. The number of rotatable bonds is 4. The monoisotopic (exact) mass is 277 g/mol. The van der Waals surface area contributed by atoms with Gasteiger partial charge in [0.05, 0.1) is 19.6 Å². The summed E-state index contributed by atoms with van der Waals surface area (Å²) in [6.45, 7) is 5.68. The maximum Gasteiger partial charge on any atom is 0.165 e. The highest BCUT2D eigenvalue weighted by Crippen LogP contribution is 2.25. The predicted octanol–water partition coefficient (Wildman–Crippen LogP) is 2.26. The molecular weight excluding hydrogens is 257 g/mol. The second kappa shape index (κ2) is 6.58. The van der Waals surface area contributed by atoms with E-state index in [1.165, 1.54) is 13.2 Å². The molecule has 108 valence electrons. The predicted molar refractivity (Wildman–Crippen MR) is 76.4 cm³/mol. The SMILES string of the molecule is COc1cc(N2CCN(C(C)CC#N)CC2)ccc1F. The molecule has 2 rings (SSSR count). The molecule has 1 saturated heterocycles. The van der Waals surface area contributed by atoms with Crippen molar-refractivity contribution in [1.29, 1.82) is 5.26 Å². The van der Waals surface area contributed by atoms with Crippen molar-refractivity contribution in [1.82, 2.24) is 4.90 Å². The Bertz CT molecular complexity index is 492. The molecule has 1 aromatic rings. The Balaban J connectivity index is 1.99. The van der Waals surface area contributed by atoms with Crippen LogP contribution >= 0.6 is 0 Å². The van der Waals surface area contributed by atoms with Crippen LogP contribution in [0.4, 0.5) is 10.1 Å². The van der Waals surface area contributed by atoms with Crippen molar-refractivity contribution in [2.75, 3.05) is 38.2 Å². The highest BCUT2D eigenvalue weighted by atomic mass is 19.1.